The van der Waals surface area contributed by atoms with E-state index in [2.05, 4.69) is 26.1 Å². The van der Waals surface area contributed by atoms with Gasteiger partial charge >= 0.3 is 0 Å². The van der Waals surface area contributed by atoms with Crippen LogP contribution in [-0.4, -0.2) is 12.1 Å². The molecule has 0 amide bonds. The van der Waals surface area contributed by atoms with Crippen LogP contribution in [0.5, 0.6) is 0 Å². The minimum Gasteiger partial charge on any atom is -0.329 e. The molecule has 15 heavy (non-hydrogen) atoms. The number of rotatable bonds is 3. The standard InChI is InChI=1S/C12H19ClN2/c1-12(2,3)15-11(8-14)9-5-4-6-10(13)7-9/h4-7,11,15H,8,14H2,1-3H3. The average molecular weight is 227 g/mol. The summed E-state index contributed by atoms with van der Waals surface area (Å²) in [6.45, 7) is 6.94. The highest BCUT2D eigenvalue weighted by molar-refractivity contribution is 6.30. The van der Waals surface area contributed by atoms with Gasteiger partial charge in [-0.05, 0) is 38.5 Å². The summed E-state index contributed by atoms with van der Waals surface area (Å²) in [5.74, 6) is 0. The van der Waals surface area contributed by atoms with Gasteiger partial charge in [0.1, 0.15) is 0 Å². The maximum absolute atomic E-state index is 5.95. The third-order valence-corrected chi connectivity index (χ3v) is 2.33. The first-order valence-electron chi connectivity index (χ1n) is 5.15. The maximum Gasteiger partial charge on any atom is 0.0449 e. The molecule has 0 saturated carbocycles. The molecule has 2 nitrogen and oxygen atoms in total. The first-order valence-corrected chi connectivity index (χ1v) is 5.53. The molecule has 0 aliphatic carbocycles. The zero-order valence-corrected chi connectivity index (χ0v) is 10.3. The van der Waals surface area contributed by atoms with E-state index in [1.807, 2.05) is 24.3 Å². The molecule has 1 unspecified atom stereocenters. The van der Waals surface area contributed by atoms with E-state index < -0.39 is 0 Å². The molecule has 0 bridgehead atoms. The van der Waals surface area contributed by atoms with Crippen LogP contribution in [0, 0.1) is 0 Å². The van der Waals surface area contributed by atoms with Crippen molar-refractivity contribution in [3.63, 3.8) is 0 Å². The van der Waals surface area contributed by atoms with Crippen LogP contribution in [0.1, 0.15) is 32.4 Å². The molecule has 0 spiro atoms. The third-order valence-electron chi connectivity index (χ3n) is 2.09. The number of halogens is 1. The Kier molecular flexibility index (Phi) is 4.14. The van der Waals surface area contributed by atoms with Gasteiger partial charge in [-0.15, -0.1) is 0 Å². The lowest BCUT2D eigenvalue weighted by atomic mass is 10.0. The van der Waals surface area contributed by atoms with Gasteiger partial charge in [-0.25, -0.2) is 0 Å². The summed E-state index contributed by atoms with van der Waals surface area (Å²) < 4.78 is 0. The summed E-state index contributed by atoms with van der Waals surface area (Å²) >= 11 is 5.95. The van der Waals surface area contributed by atoms with Gasteiger partial charge in [0.15, 0.2) is 0 Å². The van der Waals surface area contributed by atoms with Crippen LogP contribution in [0.4, 0.5) is 0 Å². The minimum absolute atomic E-state index is 0.0480. The fraction of sp³-hybridized carbons (Fsp3) is 0.500. The summed E-state index contributed by atoms with van der Waals surface area (Å²) in [4.78, 5) is 0. The first-order chi connectivity index (χ1) is 6.92. The number of hydrogen-bond acceptors (Lipinski definition) is 2. The Balaban J connectivity index is 2.83. The zero-order chi connectivity index (χ0) is 11.5. The first kappa shape index (κ1) is 12.5. The van der Waals surface area contributed by atoms with Crippen LogP contribution in [-0.2, 0) is 0 Å². The SMILES string of the molecule is CC(C)(C)NC(CN)c1cccc(Cl)c1. The van der Waals surface area contributed by atoms with E-state index in [0.717, 1.165) is 10.6 Å². The lowest BCUT2D eigenvalue weighted by Crippen LogP contribution is -2.41. The third kappa shape index (κ3) is 4.20. The van der Waals surface area contributed by atoms with Gasteiger partial charge in [-0.1, -0.05) is 23.7 Å². The van der Waals surface area contributed by atoms with Crippen molar-refractivity contribution in [3.8, 4) is 0 Å². The van der Waals surface area contributed by atoms with Gasteiger partial charge in [-0.3, -0.25) is 0 Å². The molecule has 1 aromatic carbocycles. The minimum atomic E-state index is 0.0480. The van der Waals surface area contributed by atoms with Crippen LogP contribution in [0.2, 0.25) is 5.02 Å². The van der Waals surface area contributed by atoms with E-state index in [0.29, 0.717) is 6.54 Å². The molecule has 0 aliphatic rings. The highest BCUT2D eigenvalue weighted by atomic mass is 35.5. The van der Waals surface area contributed by atoms with Crippen LogP contribution in [0.15, 0.2) is 24.3 Å². The van der Waals surface area contributed by atoms with Gasteiger partial charge in [0.25, 0.3) is 0 Å². The Hall–Kier alpha value is -0.570. The summed E-state index contributed by atoms with van der Waals surface area (Å²) in [5, 5.41) is 4.22. The highest BCUT2D eigenvalue weighted by Gasteiger charge is 2.17. The molecule has 3 heteroatoms. The summed E-state index contributed by atoms with van der Waals surface area (Å²) in [6.07, 6.45) is 0. The van der Waals surface area contributed by atoms with Gasteiger partial charge in [0, 0.05) is 23.1 Å². The summed E-state index contributed by atoms with van der Waals surface area (Å²) in [7, 11) is 0. The molecular formula is C12H19ClN2. The molecule has 0 radical (unpaired) electrons. The molecule has 0 aliphatic heterocycles. The van der Waals surface area contributed by atoms with Crippen molar-refractivity contribution in [1.82, 2.24) is 5.32 Å². The second-order valence-corrected chi connectivity index (χ2v) is 5.17. The lowest BCUT2D eigenvalue weighted by Gasteiger charge is -2.28. The molecule has 1 aromatic rings. The van der Waals surface area contributed by atoms with Gasteiger partial charge in [0.2, 0.25) is 0 Å². The Morgan fingerprint density at radius 3 is 2.53 bits per heavy atom. The molecule has 0 fully saturated rings. The van der Waals surface area contributed by atoms with Crippen LogP contribution in [0.25, 0.3) is 0 Å². The fourth-order valence-corrected chi connectivity index (χ4v) is 1.72. The van der Waals surface area contributed by atoms with Crippen molar-refractivity contribution in [2.24, 2.45) is 5.73 Å². The summed E-state index contributed by atoms with van der Waals surface area (Å²) in [5.41, 5.74) is 6.94. The quantitative estimate of drug-likeness (QED) is 0.832. The molecule has 3 N–H and O–H groups in total. The zero-order valence-electron chi connectivity index (χ0n) is 9.55. The Morgan fingerprint density at radius 1 is 1.40 bits per heavy atom. The van der Waals surface area contributed by atoms with E-state index in [1.165, 1.54) is 0 Å². The monoisotopic (exact) mass is 226 g/mol. The van der Waals surface area contributed by atoms with E-state index in [1.54, 1.807) is 0 Å². The fourth-order valence-electron chi connectivity index (χ4n) is 1.52. The van der Waals surface area contributed by atoms with Crippen molar-refractivity contribution < 1.29 is 0 Å². The Labute approximate surface area is 96.8 Å². The van der Waals surface area contributed by atoms with E-state index in [-0.39, 0.29) is 11.6 Å². The van der Waals surface area contributed by atoms with Gasteiger partial charge in [-0.2, -0.15) is 0 Å². The van der Waals surface area contributed by atoms with Gasteiger partial charge in [0.05, 0.1) is 0 Å². The van der Waals surface area contributed by atoms with Crippen molar-refractivity contribution in [2.45, 2.75) is 32.4 Å². The predicted molar refractivity (Wildman–Crippen MR) is 66.1 cm³/mol. The van der Waals surface area contributed by atoms with Crippen molar-refractivity contribution >= 4 is 11.6 Å². The topological polar surface area (TPSA) is 38.0 Å². The van der Waals surface area contributed by atoms with Crippen LogP contribution >= 0.6 is 11.6 Å². The number of nitrogens with two attached hydrogens (primary N) is 1. The maximum atomic E-state index is 5.95. The lowest BCUT2D eigenvalue weighted by molar-refractivity contribution is 0.367. The number of nitrogens with one attached hydrogen (secondary N) is 1. The molecule has 1 rings (SSSR count). The second-order valence-electron chi connectivity index (χ2n) is 4.74. The Morgan fingerprint density at radius 2 is 2.07 bits per heavy atom. The van der Waals surface area contributed by atoms with Crippen molar-refractivity contribution in [2.75, 3.05) is 6.54 Å². The van der Waals surface area contributed by atoms with Gasteiger partial charge < -0.3 is 11.1 Å². The molecule has 0 aromatic heterocycles. The van der Waals surface area contributed by atoms with Crippen molar-refractivity contribution in [1.29, 1.82) is 0 Å². The van der Waals surface area contributed by atoms with E-state index in [9.17, 15) is 0 Å². The largest absolute Gasteiger partial charge is 0.329 e. The molecule has 1 atom stereocenters. The molecule has 0 heterocycles. The highest BCUT2D eigenvalue weighted by Crippen LogP contribution is 2.19. The normalized spacial score (nSPS) is 13.9. The summed E-state index contributed by atoms with van der Waals surface area (Å²) in [6, 6.07) is 7.98. The average Bonchev–Trinajstić information content (AvgIpc) is 2.13. The number of benzene rings is 1. The molecule has 0 saturated heterocycles. The second kappa shape index (κ2) is 4.97. The molecule has 84 valence electrons. The van der Waals surface area contributed by atoms with E-state index in [4.69, 9.17) is 17.3 Å². The molecular weight excluding hydrogens is 208 g/mol. The van der Waals surface area contributed by atoms with Crippen molar-refractivity contribution in [3.05, 3.63) is 34.9 Å². The van der Waals surface area contributed by atoms with E-state index >= 15 is 0 Å². The Bertz CT molecular complexity index is 318. The number of hydrogen-bond donors (Lipinski definition) is 2. The van der Waals surface area contributed by atoms with Crippen LogP contribution in [0.3, 0.4) is 0 Å². The smallest absolute Gasteiger partial charge is 0.0449 e. The van der Waals surface area contributed by atoms with Crippen LogP contribution < -0.4 is 11.1 Å². The predicted octanol–water partition coefficient (Wildman–Crippen LogP) is 2.73.